The Balaban J connectivity index is 2.24. The number of nitrogens with zero attached hydrogens (tertiary/aromatic N) is 1. The van der Waals surface area contributed by atoms with Gasteiger partial charge in [0.15, 0.2) is 0 Å². The van der Waals surface area contributed by atoms with Crippen LogP contribution in [0.1, 0.15) is 46.6 Å². The molecule has 0 aliphatic rings. The van der Waals surface area contributed by atoms with E-state index in [1.54, 1.807) is 0 Å². The standard InChI is InChI=1S/C19H29NO/c1-18(2,3)13-19(4,5)17(21)11-14-12-20(6)16-10-8-7-9-15(14)16/h7-10,12,17,21H,11,13H2,1-6H3. The van der Waals surface area contributed by atoms with Crippen LogP contribution in [-0.4, -0.2) is 15.8 Å². The summed E-state index contributed by atoms with van der Waals surface area (Å²) in [4.78, 5) is 0. The van der Waals surface area contributed by atoms with Crippen molar-refractivity contribution in [2.24, 2.45) is 17.9 Å². The summed E-state index contributed by atoms with van der Waals surface area (Å²) in [6.45, 7) is 11.1. The van der Waals surface area contributed by atoms with Gasteiger partial charge in [0.05, 0.1) is 6.10 Å². The average molecular weight is 287 g/mol. The van der Waals surface area contributed by atoms with Crippen LogP contribution in [0.3, 0.4) is 0 Å². The number of aryl methyl sites for hydroxylation is 1. The SMILES string of the molecule is Cn1cc(CC(O)C(C)(C)CC(C)(C)C)c2ccccc21. The molecule has 1 aromatic heterocycles. The molecule has 0 radical (unpaired) electrons. The molecule has 2 rings (SSSR count). The van der Waals surface area contributed by atoms with Gasteiger partial charge in [-0.2, -0.15) is 0 Å². The molecule has 0 bridgehead atoms. The molecule has 0 saturated carbocycles. The summed E-state index contributed by atoms with van der Waals surface area (Å²) < 4.78 is 2.15. The minimum atomic E-state index is -0.331. The number of aromatic nitrogens is 1. The summed E-state index contributed by atoms with van der Waals surface area (Å²) in [5, 5.41) is 12.0. The van der Waals surface area contributed by atoms with Crippen molar-refractivity contribution in [2.45, 2.75) is 53.6 Å². The molecule has 0 spiro atoms. The van der Waals surface area contributed by atoms with Gasteiger partial charge in [-0.1, -0.05) is 52.8 Å². The van der Waals surface area contributed by atoms with Crippen molar-refractivity contribution in [2.75, 3.05) is 0 Å². The Morgan fingerprint density at radius 2 is 1.71 bits per heavy atom. The Hall–Kier alpha value is -1.28. The van der Waals surface area contributed by atoms with Crippen molar-refractivity contribution in [3.8, 4) is 0 Å². The molecule has 1 N–H and O–H groups in total. The maximum atomic E-state index is 10.8. The van der Waals surface area contributed by atoms with Gasteiger partial charge >= 0.3 is 0 Å². The fourth-order valence-corrected chi connectivity index (χ4v) is 3.56. The molecule has 1 aromatic carbocycles. The van der Waals surface area contributed by atoms with Crippen LogP contribution < -0.4 is 0 Å². The molecule has 1 atom stereocenters. The zero-order chi connectivity index (χ0) is 15.8. The Bertz CT molecular complexity index is 616. The highest BCUT2D eigenvalue weighted by Crippen LogP contribution is 2.37. The van der Waals surface area contributed by atoms with Crippen LogP contribution in [0.2, 0.25) is 0 Å². The van der Waals surface area contributed by atoms with Crippen molar-refractivity contribution < 1.29 is 5.11 Å². The molecular weight excluding hydrogens is 258 g/mol. The molecule has 0 aliphatic heterocycles. The quantitative estimate of drug-likeness (QED) is 0.877. The topological polar surface area (TPSA) is 25.2 Å². The first-order valence-electron chi connectivity index (χ1n) is 7.81. The molecule has 0 fully saturated rings. The molecule has 0 saturated heterocycles. The predicted molar refractivity (Wildman–Crippen MR) is 90.5 cm³/mol. The maximum absolute atomic E-state index is 10.8. The van der Waals surface area contributed by atoms with E-state index in [-0.39, 0.29) is 16.9 Å². The van der Waals surface area contributed by atoms with E-state index in [0.29, 0.717) is 6.42 Å². The lowest BCUT2D eigenvalue weighted by molar-refractivity contribution is 0.0217. The predicted octanol–water partition coefficient (Wildman–Crippen LogP) is 4.54. The Morgan fingerprint density at radius 1 is 1.10 bits per heavy atom. The normalized spacial score (nSPS) is 14.6. The minimum absolute atomic E-state index is 0.0881. The van der Waals surface area contributed by atoms with Crippen LogP contribution in [0.15, 0.2) is 30.5 Å². The Labute approximate surface area is 128 Å². The van der Waals surface area contributed by atoms with Gasteiger partial charge < -0.3 is 9.67 Å². The van der Waals surface area contributed by atoms with Crippen molar-refractivity contribution in [3.05, 3.63) is 36.0 Å². The number of hydrogen-bond donors (Lipinski definition) is 1. The molecule has 1 heterocycles. The monoisotopic (exact) mass is 287 g/mol. The second-order valence-electron chi connectivity index (χ2n) is 8.23. The molecular formula is C19H29NO. The van der Waals surface area contributed by atoms with E-state index in [2.05, 4.69) is 76.7 Å². The number of rotatable bonds is 4. The van der Waals surface area contributed by atoms with E-state index < -0.39 is 0 Å². The van der Waals surface area contributed by atoms with Gasteiger partial charge in [-0.25, -0.2) is 0 Å². The molecule has 0 amide bonds. The van der Waals surface area contributed by atoms with E-state index in [9.17, 15) is 5.11 Å². The summed E-state index contributed by atoms with van der Waals surface area (Å²) >= 11 is 0. The lowest BCUT2D eigenvalue weighted by Gasteiger charge is -2.36. The van der Waals surface area contributed by atoms with E-state index in [0.717, 1.165) is 6.42 Å². The molecule has 116 valence electrons. The van der Waals surface area contributed by atoms with Crippen LogP contribution in [0, 0.1) is 10.8 Å². The zero-order valence-corrected chi connectivity index (χ0v) is 14.3. The first-order valence-corrected chi connectivity index (χ1v) is 7.81. The fraction of sp³-hybridized carbons (Fsp3) is 0.579. The van der Waals surface area contributed by atoms with Gasteiger partial charge in [-0.15, -0.1) is 0 Å². The number of aliphatic hydroxyl groups excluding tert-OH is 1. The second-order valence-corrected chi connectivity index (χ2v) is 8.23. The van der Waals surface area contributed by atoms with Crippen LogP contribution >= 0.6 is 0 Å². The number of benzene rings is 1. The van der Waals surface area contributed by atoms with Crippen LogP contribution in [0.5, 0.6) is 0 Å². The highest BCUT2D eigenvalue weighted by atomic mass is 16.3. The lowest BCUT2D eigenvalue weighted by Crippen LogP contribution is -2.34. The van der Waals surface area contributed by atoms with Crippen molar-refractivity contribution in [1.29, 1.82) is 0 Å². The molecule has 21 heavy (non-hydrogen) atoms. The Morgan fingerprint density at radius 3 is 2.33 bits per heavy atom. The van der Waals surface area contributed by atoms with E-state index >= 15 is 0 Å². The zero-order valence-electron chi connectivity index (χ0n) is 14.3. The van der Waals surface area contributed by atoms with Crippen molar-refractivity contribution >= 4 is 10.9 Å². The van der Waals surface area contributed by atoms with Gasteiger partial charge in [-0.3, -0.25) is 0 Å². The molecule has 2 aromatic rings. The van der Waals surface area contributed by atoms with Crippen LogP contribution in [0.4, 0.5) is 0 Å². The molecule has 2 nitrogen and oxygen atoms in total. The Kier molecular flexibility index (Phi) is 4.21. The first kappa shape index (κ1) is 16.1. The third-order valence-electron chi connectivity index (χ3n) is 4.28. The molecule has 1 unspecified atom stereocenters. The highest BCUT2D eigenvalue weighted by Gasteiger charge is 2.32. The summed E-state index contributed by atoms with van der Waals surface area (Å²) in [5.74, 6) is 0. The van der Waals surface area contributed by atoms with Gasteiger partial charge in [0.1, 0.15) is 0 Å². The third kappa shape index (κ3) is 3.68. The lowest BCUT2D eigenvalue weighted by atomic mass is 9.72. The number of para-hydroxylation sites is 1. The first-order chi connectivity index (χ1) is 9.60. The van der Waals surface area contributed by atoms with Gasteiger partial charge in [0.2, 0.25) is 0 Å². The summed E-state index contributed by atoms with van der Waals surface area (Å²) in [6.07, 6.45) is 3.54. The molecule has 0 aliphatic carbocycles. The van der Waals surface area contributed by atoms with Crippen molar-refractivity contribution in [3.63, 3.8) is 0 Å². The third-order valence-corrected chi connectivity index (χ3v) is 4.28. The minimum Gasteiger partial charge on any atom is -0.392 e. The number of fused-ring (bicyclic) bond motifs is 1. The van der Waals surface area contributed by atoms with Gasteiger partial charge in [-0.05, 0) is 28.9 Å². The summed E-state index contributed by atoms with van der Waals surface area (Å²) in [6, 6.07) is 8.41. The van der Waals surface area contributed by atoms with Crippen molar-refractivity contribution in [1.82, 2.24) is 4.57 Å². The molecule has 2 heteroatoms. The van der Waals surface area contributed by atoms with Crippen LogP contribution in [-0.2, 0) is 13.5 Å². The van der Waals surface area contributed by atoms with Gasteiger partial charge in [0.25, 0.3) is 0 Å². The number of hydrogen-bond acceptors (Lipinski definition) is 1. The smallest absolute Gasteiger partial charge is 0.0632 e. The fourth-order valence-electron chi connectivity index (χ4n) is 3.56. The summed E-state index contributed by atoms with van der Waals surface area (Å²) in [7, 11) is 2.07. The summed E-state index contributed by atoms with van der Waals surface area (Å²) in [5.41, 5.74) is 2.61. The van der Waals surface area contributed by atoms with Gasteiger partial charge in [0, 0.05) is 30.6 Å². The highest BCUT2D eigenvalue weighted by molar-refractivity contribution is 5.83. The van der Waals surface area contributed by atoms with Crippen LogP contribution in [0.25, 0.3) is 10.9 Å². The largest absolute Gasteiger partial charge is 0.392 e. The maximum Gasteiger partial charge on any atom is 0.0632 e. The number of aliphatic hydroxyl groups is 1. The van der Waals surface area contributed by atoms with E-state index in [1.165, 1.54) is 16.5 Å². The second kappa shape index (κ2) is 5.49. The average Bonchev–Trinajstić information content (AvgIpc) is 2.64. The van der Waals surface area contributed by atoms with E-state index in [4.69, 9.17) is 0 Å². The van der Waals surface area contributed by atoms with E-state index in [1.807, 2.05) is 0 Å².